The van der Waals surface area contributed by atoms with E-state index in [0.29, 0.717) is 44.7 Å². The van der Waals surface area contributed by atoms with Crippen LogP contribution in [0.1, 0.15) is 36.0 Å². The van der Waals surface area contributed by atoms with E-state index >= 15 is 0 Å². The Balaban J connectivity index is 1.94. The number of halogens is 3. The molecule has 0 amide bonds. The molecule has 0 radical (unpaired) electrons. The van der Waals surface area contributed by atoms with Gasteiger partial charge in [0, 0.05) is 13.4 Å². The maximum Gasteiger partial charge on any atom is 0.339 e. The van der Waals surface area contributed by atoms with Crippen LogP contribution in [0, 0.1) is 5.92 Å². The number of hydrogen-bond donors (Lipinski definition) is 0. The molecule has 27 heavy (non-hydrogen) atoms. The molecule has 1 aliphatic carbocycles. The van der Waals surface area contributed by atoms with Crippen LogP contribution in [-0.2, 0) is 24.4 Å². The highest BCUT2D eigenvalue weighted by molar-refractivity contribution is 9.13. The van der Waals surface area contributed by atoms with E-state index in [9.17, 15) is 22.6 Å². The highest BCUT2D eigenvalue weighted by Gasteiger charge is 2.31. The third-order valence-electron chi connectivity index (χ3n) is 4.02. The standard InChI is InChI=1S/C16H17Br3O7S/c17-10-7-12(14(19)13(18)8-10)16(21)26-11-3-1-2-9(6-11)15(20)25-4-5-27(22,23)24/h7-9,11H,1-6H2,(H,22,23,24)/p-1. The smallest absolute Gasteiger partial charge is 0.339 e. The number of rotatable bonds is 6. The number of hydrogen-bond acceptors (Lipinski definition) is 7. The minimum atomic E-state index is -4.43. The summed E-state index contributed by atoms with van der Waals surface area (Å²) in [5.41, 5.74) is 0.349. The summed E-state index contributed by atoms with van der Waals surface area (Å²) in [6.07, 6.45) is 1.69. The second kappa shape index (κ2) is 9.82. The molecule has 0 aliphatic heterocycles. The molecule has 2 atom stereocenters. The van der Waals surface area contributed by atoms with Gasteiger partial charge in [-0.25, -0.2) is 13.2 Å². The summed E-state index contributed by atoms with van der Waals surface area (Å²) in [7, 11) is -4.43. The van der Waals surface area contributed by atoms with Gasteiger partial charge in [-0.1, -0.05) is 15.9 Å². The molecule has 1 fully saturated rings. The molecular weight excluding hydrogens is 576 g/mol. The lowest BCUT2D eigenvalue weighted by Crippen LogP contribution is -2.31. The molecule has 11 heteroatoms. The summed E-state index contributed by atoms with van der Waals surface area (Å²) >= 11 is 10.0. The van der Waals surface area contributed by atoms with Gasteiger partial charge in [0.25, 0.3) is 0 Å². The largest absolute Gasteiger partial charge is 0.748 e. The molecule has 0 N–H and O–H groups in total. The summed E-state index contributed by atoms with van der Waals surface area (Å²) < 4.78 is 44.1. The van der Waals surface area contributed by atoms with E-state index < -0.39 is 46.4 Å². The fourth-order valence-corrected chi connectivity index (χ4v) is 4.65. The summed E-state index contributed by atoms with van der Waals surface area (Å²) in [6.45, 7) is -0.468. The Morgan fingerprint density at radius 1 is 1.19 bits per heavy atom. The molecular formula is C16H16Br3O7S-. The van der Waals surface area contributed by atoms with Gasteiger partial charge in [0.05, 0.1) is 27.4 Å². The Hall–Kier alpha value is -0.490. The van der Waals surface area contributed by atoms with E-state index in [1.165, 1.54) is 0 Å². The van der Waals surface area contributed by atoms with Crippen molar-refractivity contribution < 1.29 is 32.0 Å². The number of carbonyl (C=O) groups is 2. The van der Waals surface area contributed by atoms with E-state index in [2.05, 4.69) is 47.8 Å². The summed E-state index contributed by atoms with van der Waals surface area (Å²) in [5, 5.41) is 0. The molecule has 0 heterocycles. The van der Waals surface area contributed by atoms with Gasteiger partial charge in [-0.15, -0.1) is 0 Å². The predicted molar refractivity (Wildman–Crippen MR) is 106 cm³/mol. The van der Waals surface area contributed by atoms with Crippen molar-refractivity contribution in [3.8, 4) is 0 Å². The van der Waals surface area contributed by atoms with Crippen LogP contribution in [-0.4, -0.2) is 43.4 Å². The maximum atomic E-state index is 12.5. The third kappa shape index (κ3) is 7.12. The maximum absolute atomic E-state index is 12.5. The highest BCUT2D eigenvalue weighted by atomic mass is 79.9. The van der Waals surface area contributed by atoms with Crippen molar-refractivity contribution in [2.45, 2.75) is 31.8 Å². The first-order valence-electron chi connectivity index (χ1n) is 8.02. The molecule has 1 aromatic rings. The second-order valence-corrected chi connectivity index (χ2v) is 10.2. The Morgan fingerprint density at radius 3 is 2.56 bits per heavy atom. The fourth-order valence-electron chi connectivity index (χ4n) is 2.75. The molecule has 7 nitrogen and oxygen atoms in total. The van der Waals surface area contributed by atoms with Crippen LogP contribution >= 0.6 is 47.8 Å². The van der Waals surface area contributed by atoms with Crippen LogP contribution in [0.15, 0.2) is 25.6 Å². The van der Waals surface area contributed by atoms with Gasteiger partial charge >= 0.3 is 11.9 Å². The van der Waals surface area contributed by atoms with E-state index in [1.54, 1.807) is 12.1 Å². The van der Waals surface area contributed by atoms with Crippen LogP contribution < -0.4 is 0 Å². The Bertz CT molecular complexity index is 826. The first kappa shape index (κ1) is 22.8. The zero-order valence-electron chi connectivity index (χ0n) is 14.0. The lowest BCUT2D eigenvalue weighted by atomic mass is 9.87. The van der Waals surface area contributed by atoms with Gasteiger partial charge in [-0.05, 0) is 69.7 Å². The monoisotopic (exact) mass is 589 g/mol. The molecule has 0 saturated heterocycles. The molecule has 1 aliphatic rings. The van der Waals surface area contributed by atoms with Crippen molar-refractivity contribution in [1.82, 2.24) is 0 Å². The van der Waals surface area contributed by atoms with Gasteiger partial charge < -0.3 is 14.0 Å². The minimum Gasteiger partial charge on any atom is -0.748 e. The van der Waals surface area contributed by atoms with Gasteiger partial charge in [0.1, 0.15) is 12.7 Å². The topological polar surface area (TPSA) is 110 Å². The zero-order valence-corrected chi connectivity index (χ0v) is 19.5. The summed E-state index contributed by atoms with van der Waals surface area (Å²) in [5.74, 6) is -2.34. The van der Waals surface area contributed by atoms with Gasteiger partial charge in [-0.3, -0.25) is 4.79 Å². The molecule has 0 spiro atoms. The lowest BCUT2D eigenvalue weighted by molar-refractivity contribution is -0.150. The van der Waals surface area contributed by atoms with Crippen molar-refractivity contribution in [1.29, 1.82) is 0 Å². The van der Waals surface area contributed by atoms with Crippen molar-refractivity contribution in [3.05, 3.63) is 31.1 Å². The zero-order chi connectivity index (χ0) is 20.2. The van der Waals surface area contributed by atoms with Crippen molar-refractivity contribution >= 4 is 69.8 Å². The lowest BCUT2D eigenvalue weighted by Gasteiger charge is -2.28. The number of carbonyl (C=O) groups excluding carboxylic acids is 2. The molecule has 0 aromatic heterocycles. The van der Waals surface area contributed by atoms with Crippen LogP contribution in [0.4, 0.5) is 0 Å². The molecule has 1 saturated carbocycles. The number of benzene rings is 1. The van der Waals surface area contributed by atoms with E-state index in [-0.39, 0.29) is 0 Å². The third-order valence-corrected chi connectivity index (χ3v) is 7.16. The van der Waals surface area contributed by atoms with E-state index in [0.717, 1.165) is 0 Å². The molecule has 0 bridgehead atoms. The molecule has 2 rings (SSSR count). The first-order valence-corrected chi connectivity index (χ1v) is 12.0. The quantitative estimate of drug-likeness (QED) is 0.281. The molecule has 1 aromatic carbocycles. The average molecular weight is 592 g/mol. The SMILES string of the molecule is O=C(OC1CCCC(C(=O)OCCS(=O)(=O)[O-])C1)c1cc(Br)cc(Br)c1Br. The number of ether oxygens (including phenoxy) is 2. The molecule has 150 valence electrons. The molecule has 2 unspecified atom stereocenters. The van der Waals surface area contributed by atoms with E-state index in [1.807, 2.05) is 0 Å². The van der Waals surface area contributed by atoms with Gasteiger partial charge in [-0.2, -0.15) is 0 Å². The minimum absolute atomic E-state index is 0.293. The van der Waals surface area contributed by atoms with Gasteiger partial charge in [0.15, 0.2) is 0 Å². The second-order valence-electron chi connectivity index (χ2n) is 6.07. The van der Waals surface area contributed by atoms with Crippen molar-refractivity contribution in [2.24, 2.45) is 5.92 Å². The normalized spacial score (nSPS) is 20.1. The van der Waals surface area contributed by atoms with Crippen LogP contribution in [0.5, 0.6) is 0 Å². The first-order chi connectivity index (χ1) is 12.6. The summed E-state index contributed by atoms with van der Waals surface area (Å²) in [6, 6.07) is 3.42. The predicted octanol–water partition coefficient (Wildman–Crippen LogP) is 3.78. The Kier molecular flexibility index (Phi) is 8.29. The Labute approximate surface area is 182 Å². The average Bonchev–Trinajstić information content (AvgIpc) is 2.57. The van der Waals surface area contributed by atoms with Crippen LogP contribution in [0.3, 0.4) is 0 Å². The van der Waals surface area contributed by atoms with Gasteiger partial charge in [0.2, 0.25) is 0 Å². The Morgan fingerprint density at radius 2 is 1.89 bits per heavy atom. The number of esters is 2. The van der Waals surface area contributed by atoms with Crippen LogP contribution in [0.25, 0.3) is 0 Å². The fraction of sp³-hybridized carbons (Fsp3) is 0.500. The van der Waals surface area contributed by atoms with Crippen LogP contribution in [0.2, 0.25) is 0 Å². The van der Waals surface area contributed by atoms with Crippen molar-refractivity contribution in [3.63, 3.8) is 0 Å². The summed E-state index contributed by atoms with van der Waals surface area (Å²) in [4.78, 5) is 24.5. The van der Waals surface area contributed by atoms with E-state index in [4.69, 9.17) is 9.47 Å². The highest BCUT2D eigenvalue weighted by Crippen LogP contribution is 2.33. The van der Waals surface area contributed by atoms with Crippen molar-refractivity contribution in [2.75, 3.05) is 12.4 Å².